The van der Waals surface area contributed by atoms with Gasteiger partial charge in [-0.2, -0.15) is 0 Å². The molecule has 0 atom stereocenters. The molecule has 0 fully saturated rings. The van der Waals surface area contributed by atoms with Crippen molar-refractivity contribution in [3.63, 3.8) is 0 Å². The molecular formula is C12H12O6. The van der Waals surface area contributed by atoms with Crippen molar-refractivity contribution in [2.45, 2.75) is 0 Å². The van der Waals surface area contributed by atoms with Crippen molar-refractivity contribution >= 4 is 17.5 Å². The van der Waals surface area contributed by atoms with Crippen molar-refractivity contribution in [3.8, 4) is 11.5 Å². The monoisotopic (exact) mass is 252 g/mol. The van der Waals surface area contributed by atoms with E-state index in [2.05, 4.69) is 0 Å². The van der Waals surface area contributed by atoms with Crippen molar-refractivity contribution in [2.24, 2.45) is 0 Å². The van der Waals surface area contributed by atoms with Gasteiger partial charge in [-0.15, -0.1) is 0 Å². The van der Waals surface area contributed by atoms with Crippen LogP contribution in [0, 0.1) is 0 Å². The summed E-state index contributed by atoms with van der Waals surface area (Å²) in [6.07, 6.45) is 0.611. The molecule has 0 aliphatic rings. The topological polar surface area (TPSA) is 93.1 Å². The van der Waals surface area contributed by atoms with E-state index in [0.717, 1.165) is 0 Å². The summed E-state index contributed by atoms with van der Waals surface area (Å²) in [7, 11) is 2.83. The van der Waals surface area contributed by atoms with Crippen LogP contribution in [0.25, 0.3) is 5.76 Å². The van der Waals surface area contributed by atoms with E-state index in [9.17, 15) is 14.7 Å². The molecule has 0 aromatic heterocycles. The lowest BCUT2D eigenvalue weighted by Gasteiger charge is -2.09. The fraction of sp³-hybridized carbons (Fsp3) is 0.167. The fourth-order valence-corrected chi connectivity index (χ4v) is 1.28. The summed E-state index contributed by atoms with van der Waals surface area (Å²) in [5.41, 5.74) is 0.173. The highest BCUT2D eigenvalue weighted by atomic mass is 16.5. The summed E-state index contributed by atoms with van der Waals surface area (Å²) in [5, 5.41) is 18.2. The van der Waals surface area contributed by atoms with Gasteiger partial charge in [0.15, 0.2) is 0 Å². The number of ketones is 1. The lowest BCUT2D eigenvalue weighted by atomic mass is 10.1. The Hall–Kier alpha value is -2.50. The second kappa shape index (κ2) is 5.72. The third-order valence-electron chi connectivity index (χ3n) is 2.16. The number of aliphatic hydroxyl groups excluding tert-OH is 1. The van der Waals surface area contributed by atoms with E-state index in [1.807, 2.05) is 0 Å². The maximum absolute atomic E-state index is 11.0. The first kappa shape index (κ1) is 13.6. The number of ether oxygens (including phenoxy) is 2. The third kappa shape index (κ3) is 3.00. The van der Waals surface area contributed by atoms with E-state index in [1.165, 1.54) is 26.4 Å². The number of rotatable bonds is 5. The average Bonchev–Trinajstić information content (AvgIpc) is 2.37. The molecule has 6 nitrogen and oxygen atoms in total. The van der Waals surface area contributed by atoms with Crippen LogP contribution in [0.5, 0.6) is 11.5 Å². The SMILES string of the molecule is COc1ccc(OC)c(/C(O)=C/C(=O)C(=O)O)c1. The average molecular weight is 252 g/mol. The molecule has 0 saturated heterocycles. The van der Waals surface area contributed by atoms with Gasteiger partial charge in [-0.25, -0.2) is 4.79 Å². The lowest BCUT2D eigenvalue weighted by molar-refractivity contribution is -0.146. The number of hydrogen-bond donors (Lipinski definition) is 2. The lowest BCUT2D eigenvalue weighted by Crippen LogP contribution is -2.09. The Kier molecular flexibility index (Phi) is 4.31. The van der Waals surface area contributed by atoms with Gasteiger partial charge in [0.1, 0.15) is 17.3 Å². The van der Waals surface area contributed by atoms with Crippen LogP contribution >= 0.6 is 0 Å². The Morgan fingerprint density at radius 1 is 1.17 bits per heavy atom. The fourth-order valence-electron chi connectivity index (χ4n) is 1.28. The van der Waals surface area contributed by atoms with E-state index < -0.39 is 17.5 Å². The zero-order valence-electron chi connectivity index (χ0n) is 9.84. The highest BCUT2D eigenvalue weighted by molar-refractivity contribution is 6.38. The van der Waals surface area contributed by atoms with Gasteiger partial charge in [-0.05, 0) is 18.2 Å². The second-order valence-corrected chi connectivity index (χ2v) is 3.27. The van der Waals surface area contributed by atoms with Gasteiger partial charge >= 0.3 is 5.97 Å². The number of aliphatic hydroxyl groups is 1. The summed E-state index contributed by atoms with van der Waals surface area (Å²) in [6.45, 7) is 0. The van der Waals surface area contributed by atoms with Gasteiger partial charge in [-0.3, -0.25) is 4.79 Å². The van der Waals surface area contributed by atoms with Crippen LogP contribution in [-0.2, 0) is 9.59 Å². The maximum Gasteiger partial charge on any atom is 0.376 e. The van der Waals surface area contributed by atoms with E-state index in [-0.39, 0.29) is 5.56 Å². The number of carboxylic acids is 1. The van der Waals surface area contributed by atoms with Crippen molar-refractivity contribution < 1.29 is 29.3 Å². The van der Waals surface area contributed by atoms with E-state index in [1.54, 1.807) is 6.07 Å². The Morgan fingerprint density at radius 2 is 1.83 bits per heavy atom. The van der Waals surface area contributed by atoms with Crippen molar-refractivity contribution in [3.05, 3.63) is 29.8 Å². The standard InChI is InChI=1S/C12H12O6/c1-17-7-3-4-11(18-2)8(5-7)9(13)6-10(14)12(15)16/h3-6,13H,1-2H3,(H,15,16)/b9-6-. The van der Waals surface area contributed by atoms with Crippen LogP contribution in [0.3, 0.4) is 0 Å². The van der Waals surface area contributed by atoms with Gasteiger partial charge < -0.3 is 19.7 Å². The molecule has 0 aliphatic heterocycles. The highest BCUT2D eigenvalue weighted by Crippen LogP contribution is 2.28. The van der Waals surface area contributed by atoms with Crippen molar-refractivity contribution in [2.75, 3.05) is 14.2 Å². The zero-order chi connectivity index (χ0) is 13.7. The number of carbonyl (C=O) groups excluding carboxylic acids is 1. The molecule has 0 heterocycles. The predicted molar refractivity (Wildman–Crippen MR) is 62.8 cm³/mol. The van der Waals surface area contributed by atoms with E-state index in [4.69, 9.17) is 14.6 Å². The molecule has 96 valence electrons. The second-order valence-electron chi connectivity index (χ2n) is 3.27. The molecular weight excluding hydrogens is 240 g/mol. The quantitative estimate of drug-likeness (QED) is 0.465. The van der Waals surface area contributed by atoms with Crippen molar-refractivity contribution in [1.29, 1.82) is 0 Å². The smallest absolute Gasteiger partial charge is 0.376 e. The Balaban J connectivity index is 3.21. The number of benzene rings is 1. The van der Waals surface area contributed by atoms with Gasteiger partial charge in [-0.1, -0.05) is 0 Å². The molecule has 0 aliphatic carbocycles. The number of carbonyl (C=O) groups is 2. The summed E-state index contributed by atoms with van der Waals surface area (Å²) in [5.74, 6) is -2.64. The third-order valence-corrected chi connectivity index (χ3v) is 2.16. The molecule has 1 aromatic rings. The molecule has 0 radical (unpaired) electrons. The minimum absolute atomic E-state index is 0.173. The predicted octanol–water partition coefficient (Wildman–Crippen LogP) is 1.26. The molecule has 1 aromatic carbocycles. The molecule has 0 saturated carbocycles. The van der Waals surface area contributed by atoms with Crippen LogP contribution in [-0.4, -0.2) is 36.2 Å². The molecule has 0 unspecified atom stereocenters. The first-order valence-corrected chi connectivity index (χ1v) is 4.90. The minimum atomic E-state index is -1.65. The number of methoxy groups -OCH3 is 2. The normalized spacial score (nSPS) is 10.9. The summed E-state index contributed by atoms with van der Waals surface area (Å²) >= 11 is 0. The number of aliphatic carboxylic acids is 1. The van der Waals surface area contributed by atoms with Crippen LogP contribution < -0.4 is 9.47 Å². The summed E-state index contributed by atoms with van der Waals surface area (Å²) in [6, 6.07) is 4.57. The summed E-state index contributed by atoms with van der Waals surface area (Å²) < 4.78 is 9.95. The Labute approximate surface area is 103 Å². The van der Waals surface area contributed by atoms with Crippen LogP contribution in [0.2, 0.25) is 0 Å². The van der Waals surface area contributed by atoms with Gasteiger partial charge in [0.25, 0.3) is 5.78 Å². The highest BCUT2D eigenvalue weighted by Gasteiger charge is 2.14. The molecule has 0 spiro atoms. The van der Waals surface area contributed by atoms with Crippen LogP contribution in [0.4, 0.5) is 0 Å². The van der Waals surface area contributed by atoms with Gasteiger partial charge in [0, 0.05) is 6.08 Å². The first-order chi connectivity index (χ1) is 8.49. The molecule has 18 heavy (non-hydrogen) atoms. The molecule has 0 bridgehead atoms. The minimum Gasteiger partial charge on any atom is -0.507 e. The molecule has 0 amide bonds. The van der Waals surface area contributed by atoms with Crippen LogP contribution in [0.15, 0.2) is 24.3 Å². The van der Waals surface area contributed by atoms with Gasteiger partial charge in [0.2, 0.25) is 0 Å². The summed E-state index contributed by atoms with van der Waals surface area (Å²) in [4.78, 5) is 21.4. The Morgan fingerprint density at radius 3 is 2.33 bits per heavy atom. The Bertz CT molecular complexity index is 503. The van der Waals surface area contributed by atoms with E-state index in [0.29, 0.717) is 17.6 Å². The number of carboxylic acid groups (broad SMARTS) is 1. The van der Waals surface area contributed by atoms with Crippen molar-refractivity contribution in [1.82, 2.24) is 0 Å². The molecule has 2 N–H and O–H groups in total. The largest absolute Gasteiger partial charge is 0.507 e. The number of hydrogen-bond acceptors (Lipinski definition) is 5. The van der Waals surface area contributed by atoms with Crippen LogP contribution in [0.1, 0.15) is 5.56 Å². The molecule has 6 heteroatoms. The van der Waals surface area contributed by atoms with Gasteiger partial charge in [0.05, 0.1) is 19.8 Å². The first-order valence-electron chi connectivity index (χ1n) is 4.90. The molecule has 1 rings (SSSR count). The van der Waals surface area contributed by atoms with E-state index >= 15 is 0 Å². The zero-order valence-corrected chi connectivity index (χ0v) is 9.84. The maximum atomic E-state index is 11.0.